The topological polar surface area (TPSA) is 58.3 Å². The third kappa shape index (κ3) is 1.60. The lowest BCUT2D eigenvalue weighted by atomic mass is 9.64. The maximum absolute atomic E-state index is 10.5. The first-order chi connectivity index (χ1) is 5.98. The zero-order chi connectivity index (χ0) is 10.1. The second-order valence-corrected chi connectivity index (χ2v) is 4.72. The van der Waals surface area contributed by atoms with Crippen molar-refractivity contribution in [2.45, 2.75) is 32.8 Å². The first-order valence-corrected chi connectivity index (χ1v) is 5.11. The summed E-state index contributed by atoms with van der Waals surface area (Å²) in [6.45, 7) is 8.52. The van der Waals surface area contributed by atoms with E-state index in [1.807, 2.05) is 6.92 Å². The molecule has 1 atom stereocenters. The molecule has 0 bridgehead atoms. The summed E-state index contributed by atoms with van der Waals surface area (Å²) in [5.41, 5.74) is 4.91. The van der Waals surface area contributed by atoms with Gasteiger partial charge < -0.3 is 16.2 Å². The van der Waals surface area contributed by atoms with Gasteiger partial charge in [0.05, 0.1) is 5.60 Å². The van der Waals surface area contributed by atoms with Gasteiger partial charge in [-0.15, -0.1) is 0 Å². The second-order valence-electron chi connectivity index (χ2n) is 4.72. The molecule has 1 aliphatic heterocycles. The van der Waals surface area contributed by atoms with E-state index in [9.17, 15) is 5.11 Å². The van der Waals surface area contributed by atoms with Crippen LogP contribution in [0.25, 0.3) is 0 Å². The van der Waals surface area contributed by atoms with Gasteiger partial charge in [0.25, 0.3) is 0 Å². The zero-order valence-electron chi connectivity index (χ0n) is 8.93. The molecule has 1 heterocycles. The molecule has 1 fully saturated rings. The minimum atomic E-state index is -0.604. The van der Waals surface area contributed by atoms with Gasteiger partial charge in [-0.1, -0.05) is 20.8 Å². The minimum Gasteiger partial charge on any atom is -0.389 e. The molecular formula is C10H22N2O. The molecule has 4 N–H and O–H groups in total. The summed E-state index contributed by atoms with van der Waals surface area (Å²) in [5, 5.41) is 13.7. The highest BCUT2D eigenvalue weighted by molar-refractivity contribution is 5.02. The average Bonchev–Trinajstić information content (AvgIpc) is 2.00. The molecule has 1 aliphatic rings. The van der Waals surface area contributed by atoms with E-state index in [0.29, 0.717) is 12.5 Å². The van der Waals surface area contributed by atoms with Gasteiger partial charge in [0.2, 0.25) is 0 Å². The van der Waals surface area contributed by atoms with Crippen molar-refractivity contribution in [1.82, 2.24) is 5.32 Å². The predicted octanol–water partition coefficient (Wildman–Crippen LogP) is 0.332. The van der Waals surface area contributed by atoms with Gasteiger partial charge in [-0.05, 0) is 6.42 Å². The van der Waals surface area contributed by atoms with Crippen LogP contribution in [0, 0.1) is 11.3 Å². The van der Waals surface area contributed by atoms with E-state index < -0.39 is 5.60 Å². The molecular weight excluding hydrogens is 164 g/mol. The summed E-state index contributed by atoms with van der Waals surface area (Å²) in [6.07, 6.45) is 0.781. The van der Waals surface area contributed by atoms with Crippen LogP contribution in [0.3, 0.4) is 0 Å². The third-order valence-electron chi connectivity index (χ3n) is 3.68. The van der Waals surface area contributed by atoms with Crippen LogP contribution in [-0.4, -0.2) is 30.3 Å². The Labute approximate surface area is 80.7 Å². The fourth-order valence-corrected chi connectivity index (χ4v) is 2.12. The first-order valence-electron chi connectivity index (χ1n) is 5.11. The van der Waals surface area contributed by atoms with Crippen molar-refractivity contribution in [2.75, 3.05) is 19.6 Å². The predicted molar refractivity (Wildman–Crippen MR) is 54.4 cm³/mol. The molecule has 0 amide bonds. The zero-order valence-corrected chi connectivity index (χ0v) is 8.93. The summed E-state index contributed by atoms with van der Waals surface area (Å²) in [5.74, 6) is 0.371. The minimum absolute atomic E-state index is 0.186. The van der Waals surface area contributed by atoms with Gasteiger partial charge in [-0.3, -0.25) is 0 Å². The van der Waals surface area contributed by atoms with E-state index >= 15 is 0 Å². The molecule has 0 saturated carbocycles. The van der Waals surface area contributed by atoms with E-state index in [1.54, 1.807) is 0 Å². The number of nitrogens with one attached hydrogen (secondary N) is 1. The van der Waals surface area contributed by atoms with Gasteiger partial charge in [-0.2, -0.15) is 0 Å². The molecule has 1 saturated heterocycles. The van der Waals surface area contributed by atoms with Crippen molar-refractivity contribution < 1.29 is 5.11 Å². The number of hydrogen-bond acceptors (Lipinski definition) is 3. The fraction of sp³-hybridized carbons (Fsp3) is 1.00. The first kappa shape index (κ1) is 11.0. The number of rotatable bonds is 4. The lowest BCUT2D eigenvalue weighted by Gasteiger charge is -2.50. The quantitative estimate of drug-likeness (QED) is 0.593. The molecule has 1 rings (SSSR count). The Kier molecular flexibility index (Phi) is 3.00. The summed E-state index contributed by atoms with van der Waals surface area (Å²) in [7, 11) is 0. The Hall–Kier alpha value is -0.120. The van der Waals surface area contributed by atoms with Crippen LogP contribution in [0.2, 0.25) is 0 Å². The van der Waals surface area contributed by atoms with Gasteiger partial charge in [0, 0.05) is 31.0 Å². The summed E-state index contributed by atoms with van der Waals surface area (Å²) >= 11 is 0. The summed E-state index contributed by atoms with van der Waals surface area (Å²) in [6, 6.07) is 0. The largest absolute Gasteiger partial charge is 0.389 e. The maximum Gasteiger partial charge on any atom is 0.0760 e. The van der Waals surface area contributed by atoms with E-state index in [4.69, 9.17) is 5.73 Å². The maximum atomic E-state index is 10.5. The molecule has 0 aromatic rings. The van der Waals surface area contributed by atoms with E-state index in [1.165, 1.54) is 0 Å². The number of aliphatic hydroxyl groups is 1. The molecule has 0 aliphatic carbocycles. The van der Waals surface area contributed by atoms with E-state index in [-0.39, 0.29) is 5.41 Å². The molecule has 0 aromatic carbocycles. The standard InChI is InChI=1S/C10H22N2O/c1-4-10(13,8-5-12-6-8)9(2,3)7-11/h8,12-13H,4-7,11H2,1-3H3. The van der Waals surface area contributed by atoms with Crippen molar-refractivity contribution in [1.29, 1.82) is 0 Å². The van der Waals surface area contributed by atoms with Crippen LogP contribution in [0.5, 0.6) is 0 Å². The number of hydrogen-bond donors (Lipinski definition) is 3. The Morgan fingerprint density at radius 3 is 2.23 bits per heavy atom. The fourth-order valence-electron chi connectivity index (χ4n) is 2.12. The van der Waals surface area contributed by atoms with E-state index in [0.717, 1.165) is 19.5 Å². The molecule has 1 unspecified atom stereocenters. The summed E-state index contributed by atoms with van der Waals surface area (Å²) < 4.78 is 0. The van der Waals surface area contributed by atoms with Gasteiger partial charge >= 0.3 is 0 Å². The molecule has 0 spiro atoms. The van der Waals surface area contributed by atoms with Crippen molar-refractivity contribution >= 4 is 0 Å². The van der Waals surface area contributed by atoms with Crippen LogP contribution in [0.15, 0.2) is 0 Å². The molecule has 13 heavy (non-hydrogen) atoms. The highest BCUT2D eigenvalue weighted by Gasteiger charge is 2.48. The van der Waals surface area contributed by atoms with Crippen molar-refractivity contribution in [2.24, 2.45) is 17.1 Å². The molecule has 3 heteroatoms. The lowest BCUT2D eigenvalue weighted by molar-refractivity contribution is -0.124. The van der Waals surface area contributed by atoms with Crippen LogP contribution < -0.4 is 11.1 Å². The van der Waals surface area contributed by atoms with Crippen LogP contribution >= 0.6 is 0 Å². The van der Waals surface area contributed by atoms with Gasteiger partial charge in [-0.25, -0.2) is 0 Å². The highest BCUT2D eigenvalue weighted by atomic mass is 16.3. The van der Waals surface area contributed by atoms with Gasteiger partial charge in [0.15, 0.2) is 0 Å². The Morgan fingerprint density at radius 2 is 2.00 bits per heavy atom. The molecule has 78 valence electrons. The third-order valence-corrected chi connectivity index (χ3v) is 3.68. The monoisotopic (exact) mass is 186 g/mol. The van der Waals surface area contributed by atoms with Crippen molar-refractivity contribution in [3.63, 3.8) is 0 Å². The smallest absolute Gasteiger partial charge is 0.0760 e. The van der Waals surface area contributed by atoms with Crippen LogP contribution in [0.1, 0.15) is 27.2 Å². The highest BCUT2D eigenvalue weighted by Crippen LogP contribution is 2.40. The van der Waals surface area contributed by atoms with Crippen molar-refractivity contribution in [3.8, 4) is 0 Å². The Balaban J connectivity index is 2.78. The van der Waals surface area contributed by atoms with Crippen LogP contribution in [-0.2, 0) is 0 Å². The Bertz CT molecular complexity index is 178. The van der Waals surface area contributed by atoms with Crippen LogP contribution in [0.4, 0.5) is 0 Å². The second kappa shape index (κ2) is 3.56. The normalized spacial score (nSPS) is 23.8. The lowest BCUT2D eigenvalue weighted by Crippen LogP contribution is -2.63. The molecule has 0 aromatic heterocycles. The SMILES string of the molecule is CCC(O)(C1CNC1)C(C)(C)CN. The number of nitrogens with two attached hydrogens (primary N) is 1. The van der Waals surface area contributed by atoms with E-state index in [2.05, 4.69) is 19.2 Å². The summed E-state index contributed by atoms with van der Waals surface area (Å²) in [4.78, 5) is 0. The van der Waals surface area contributed by atoms with Gasteiger partial charge in [0.1, 0.15) is 0 Å². The van der Waals surface area contributed by atoms with Crippen molar-refractivity contribution in [3.05, 3.63) is 0 Å². The molecule has 3 nitrogen and oxygen atoms in total. The average molecular weight is 186 g/mol. The Morgan fingerprint density at radius 1 is 1.46 bits per heavy atom. The molecule has 0 radical (unpaired) electrons.